The molecule has 0 aromatic carbocycles. The molecule has 2 nitrogen and oxygen atoms in total. The van der Waals surface area contributed by atoms with E-state index in [2.05, 4.69) is 38.2 Å². The van der Waals surface area contributed by atoms with E-state index in [0.717, 1.165) is 18.2 Å². The molecule has 0 spiro atoms. The lowest BCUT2D eigenvalue weighted by atomic mass is 10.3. The van der Waals surface area contributed by atoms with Gasteiger partial charge >= 0.3 is 0 Å². The van der Waals surface area contributed by atoms with Crippen molar-refractivity contribution in [3.05, 3.63) is 23.7 Å². The van der Waals surface area contributed by atoms with Crippen molar-refractivity contribution < 1.29 is 4.42 Å². The Morgan fingerprint density at radius 3 is 2.79 bits per heavy atom. The minimum absolute atomic E-state index is 0.517. The van der Waals surface area contributed by atoms with Crippen molar-refractivity contribution in [3.8, 4) is 0 Å². The SMILES string of the molecule is CC(C)NCc1ccc(C2CC2C)o1. The van der Waals surface area contributed by atoms with Crippen LogP contribution in [0.1, 0.15) is 44.6 Å². The van der Waals surface area contributed by atoms with Crippen LogP contribution in [0.25, 0.3) is 0 Å². The summed E-state index contributed by atoms with van der Waals surface area (Å²) >= 11 is 0. The minimum Gasteiger partial charge on any atom is -0.464 e. The van der Waals surface area contributed by atoms with Gasteiger partial charge in [-0.05, 0) is 24.5 Å². The largest absolute Gasteiger partial charge is 0.464 e. The van der Waals surface area contributed by atoms with Gasteiger partial charge in [0.05, 0.1) is 6.54 Å². The van der Waals surface area contributed by atoms with Crippen molar-refractivity contribution in [1.82, 2.24) is 5.32 Å². The van der Waals surface area contributed by atoms with E-state index in [1.807, 2.05) is 0 Å². The number of hydrogen-bond donors (Lipinski definition) is 1. The Morgan fingerprint density at radius 2 is 2.21 bits per heavy atom. The van der Waals surface area contributed by atoms with E-state index in [-0.39, 0.29) is 0 Å². The van der Waals surface area contributed by atoms with Crippen molar-refractivity contribution >= 4 is 0 Å². The van der Waals surface area contributed by atoms with Gasteiger partial charge in [0, 0.05) is 12.0 Å². The molecule has 2 atom stereocenters. The fraction of sp³-hybridized carbons (Fsp3) is 0.667. The molecule has 2 unspecified atom stereocenters. The first-order chi connectivity index (χ1) is 6.66. The van der Waals surface area contributed by atoms with Gasteiger partial charge in [0.15, 0.2) is 0 Å². The molecule has 0 radical (unpaired) electrons. The molecule has 1 N–H and O–H groups in total. The molecule has 0 saturated heterocycles. The monoisotopic (exact) mass is 193 g/mol. The molecule has 1 aliphatic rings. The Bertz CT molecular complexity index is 303. The lowest BCUT2D eigenvalue weighted by molar-refractivity contribution is 0.433. The molecule has 0 aliphatic heterocycles. The molecule has 2 rings (SSSR count). The Labute approximate surface area is 85.7 Å². The summed E-state index contributed by atoms with van der Waals surface area (Å²) in [6.45, 7) is 7.41. The summed E-state index contributed by atoms with van der Waals surface area (Å²) < 4.78 is 5.77. The third kappa shape index (κ3) is 2.18. The summed E-state index contributed by atoms with van der Waals surface area (Å²) in [7, 11) is 0. The summed E-state index contributed by atoms with van der Waals surface area (Å²) in [5, 5.41) is 3.35. The molecule has 1 fully saturated rings. The maximum Gasteiger partial charge on any atom is 0.117 e. The number of rotatable bonds is 4. The molecule has 0 bridgehead atoms. The van der Waals surface area contributed by atoms with Gasteiger partial charge in [-0.1, -0.05) is 20.8 Å². The van der Waals surface area contributed by atoms with Crippen molar-refractivity contribution in [3.63, 3.8) is 0 Å². The molecular weight excluding hydrogens is 174 g/mol. The van der Waals surface area contributed by atoms with Gasteiger partial charge in [-0.25, -0.2) is 0 Å². The third-order valence-electron chi connectivity index (χ3n) is 2.84. The zero-order chi connectivity index (χ0) is 10.1. The van der Waals surface area contributed by atoms with Crippen LogP contribution in [-0.4, -0.2) is 6.04 Å². The zero-order valence-electron chi connectivity index (χ0n) is 9.21. The van der Waals surface area contributed by atoms with E-state index in [9.17, 15) is 0 Å². The van der Waals surface area contributed by atoms with Crippen LogP contribution >= 0.6 is 0 Å². The summed E-state index contributed by atoms with van der Waals surface area (Å²) in [6.07, 6.45) is 1.30. The fourth-order valence-corrected chi connectivity index (χ4v) is 1.71. The summed E-state index contributed by atoms with van der Waals surface area (Å²) in [6, 6.07) is 4.74. The van der Waals surface area contributed by atoms with Crippen LogP contribution in [0.4, 0.5) is 0 Å². The van der Waals surface area contributed by atoms with E-state index in [0.29, 0.717) is 12.0 Å². The lowest BCUT2D eigenvalue weighted by Gasteiger charge is -2.04. The molecule has 1 heterocycles. The molecule has 78 valence electrons. The molecule has 1 aliphatic carbocycles. The normalized spacial score (nSPS) is 25.7. The smallest absolute Gasteiger partial charge is 0.117 e. The van der Waals surface area contributed by atoms with Gasteiger partial charge in [-0.15, -0.1) is 0 Å². The van der Waals surface area contributed by atoms with Crippen LogP contribution in [0.15, 0.2) is 16.5 Å². The lowest BCUT2D eigenvalue weighted by Crippen LogP contribution is -2.21. The molecule has 0 amide bonds. The highest BCUT2D eigenvalue weighted by atomic mass is 16.3. The van der Waals surface area contributed by atoms with Crippen LogP contribution in [0, 0.1) is 5.92 Å². The topological polar surface area (TPSA) is 25.2 Å². The second-order valence-corrected chi connectivity index (χ2v) is 4.66. The number of hydrogen-bond acceptors (Lipinski definition) is 2. The minimum atomic E-state index is 0.517. The quantitative estimate of drug-likeness (QED) is 0.795. The Balaban J connectivity index is 1.90. The molecule has 1 saturated carbocycles. The van der Waals surface area contributed by atoms with Gasteiger partial charge in [-0.3, -0.25) is 0 Å². The Kier molecular flexibility index (Phi) is 2.64. The Hall–Kier alpha value is -0.760. The molecule has 1 aromatic heterocycles. The van der Waals surface area contributed by atoms with E-state index >= 15 is 0 Å². The van der Waals surface area contributed by atoms with Gasteiger partial charge in [-0.2, -0.15) is 0 Å². The highest BCUT2D eigenvalue weighted by molar-refractivity contribution is 5.17. The van der Waals surface area contributed by atoms with E-state index in [1.54, 1.807) is 0 Å². The molecule has 14 heavy (non-hydrogen) atoms. The highest BCUT2D eigenvalue weighted by Gasteiger charge is 2.36. The predicted octanol–water partition coefficient (Wildman–Crippen LogP) is 2.90. The molecule has 1 aromatic rings. The van der Waals surface area contributed by atoms with Crippen LogP contribution in [0.3, 0.4) is 0 Å². The second-order valence-electron chi connectivity index (χ2n) is 4.66. The summed E-state index contributed by atoms with van der Waals surface area (Å²) in [5.74, 6) is 3.76. The zero-order valence-corrected chi connectivity index (χ0v) is 9.21. The van der Waals surface area contributed by atoms with Crippen molar-refractivity contribution in [2.24, 2.45) is 5.92 Å². The predicted molar refractivity (Wildman–Crippen MR) is 57.2 cm³/mol. The van der Waals surface area contributed by atoms with Crippen LogP contribution < -0.4 is 5.32 Å². The van der Waals surface area contributed by atoms with Crippen molar-refractivity contribution in [1.29, 1.82) is 0 Å². The highest BCUT2D eigenvalue weighted by Crippen LogP contribution is 2.47. The Morgan fingerprint density at radius 1 is 1.50 bits per heavy atom. The van der Waals surface area contributed by atoms with Crippen molar-refractivity contribution in [2.45, 2.75) is 45.7 Å². The molecule has 2 heteroatoms. The van der Waals surface area contributed by atoms with Crippen molar-refractivity contribution in [2.75, 3.05) is 0 Å². The first-order valence-electron chi connectivity index (χ1n) is 5.49. The van der Waals surface area contributed by atoms with Crippen LogP contribution in [0.5, 0.6) is 0 Å². The van der Waals surface area contributed by atoms with E-state index in [4.69, 9.17) is 4.42 Å². The summed E-state index contributed by atoms with van der Waals surface area (Å²) in [4.78, 5) is 0. The van der Waals surface area contributed by atoms with Gasteiger partial charge in [0.25, 0.3) is 0 Å². The third-order valence-corrected chi connectivity index (χ3v) is 2.84. The van der Waals surface area contributed by atoms with Gasteiger partial charge in [0.2, 0.25) is 0 Å². The number of nitrogens with one attached hydrogen (secondary N) is 1. The van der Waals surface area contributed by atoms with E-state index in [1.165, 1.54) is 12.2 Å². The van der Waals surface area contributed by atoms with E-state index < -0.39 is 0 Å². The number of furan rings is 1. The maximum atomic E-state index is 5.77. The first kappa shape index (κ1) is 9.78. The van der Waals surface area contributed by atoms with Gasteiger partial charge in [0.1, 0.15) is 11.5 Å². The first-order valence-corrected chi connectivity index (χ1v) is 5.49. The standard InChI is InChI=1S/C12H19NO/c1-8(2)13-7-10-4-5-12(14-10)11-6-9(11)3/h4-5,8-9,11,13H,6-7H2,1-3H3. The average molecular weight is 193 g/mol. The van der Waals surface area contributed by atoms with Crippen LogP contribution in [-0.2, 0) is 6.54 Å². The molecular formula is C12H19NO. The van der Waals surface area contributed by atoms with Crippen LogP contribution in [0.2, 0.25) is 0 Å². The average Bonchev–Trinajstić information content (AvgIpc) is 2.68. The van der Waals surface area contributed by atoms with Gasteiger partial charge < -0.3 is 9.73 Å². The summed E-state index contributed by atoms with van der Waals surface area (Å²) in [5.41, 5.74) is 0. The maximum absolute atomic E-state index is 5.77. The second kappa shape index (κ2) is 3.77. The fourth-order valence-electron chi connectivity index (χ4n) is 1.71.